The lowest BCUT2D eigenvalue weighted by atomic mass is 9.86. The molecule has 0 radical (unpaired) electrons. The zero-order valence-electron chi connectivity index (χ0n) is 8.77. The Morgan fingerprint density at radius 3 is 1.93 bits per heavy atom. The van der Waals surface area contributed by atoms with Crippen LogP contribution in [-0.2, 0) is 0 Å². The van der Waals surface area contributed by atoms with Crippen molar-refractivity contribution in [2.24, 2.45) is 5.41 Å². The first kappa shape index (κ1) is 11.6. The van der Waals surface area contributed by atoms with Crippen LogP contribution in [0.4, 0.5) is 8.78 Å². The van der Waals surface area contributed by atoms with Gasteiger partial charge < -0.3 is 5.11 Å². The highest BCUT2D eigenvalue weighted by atomic mass is 19.1. The van der Waals surface area contributed by atoms with Crippen LogP contribution in [0.2, 0.25) is 0 Å². The van der Waals surface area contributed by atoms with Gasteiger partial charge in [0, 0.05) is 11.0 Å². The van der Waals surface area contributed by atoms with Gasteiger partial charge in [0.2, 0.25) is 0 Å². The molecule has 0 fully saturated rings. The Bertz CT molecular complexity index is 383. The first-order valence-electron chi connectivity index (χ1n) is 4.46. The summed E-state index contributed by atoms with van der Waals surface area (Å²) >= 11 is 0. The van der Waals surface area contributed by atoms with Crippen LogP contribution in [-0.4, -0.2) is 10.9 Å². The molecule has 82 valence electrons. The maximum Gasteiger partial charge on any atom is 0.187 e. The van der Waals surface area contributed by atoms with Crippen LogP contribution in [0.3, 0.4) is 0 Å². The molecule has 0 saturated heterocycles. The minimum Gasteiger partial charge on any atom is -0.503 e. The summed E-state index contributed by atoms with van der Waals surface area (Å²) in [6.45, 7) is 4.95. The lowest BCUT2D eigenvalue weighted by molar-refractivity contribution is 0.0857. The zero-order chi connectivity index (χ0) is 11.8. The number of halogens is 2. The number of Topliss-reactive ketones (excluding diaryl/α,β-unsaturated/α-hetero) is 1. The van der Waals surface area contributed by atoms with Crippen LogP contribution < -0.4 is 0 Å². The fourth-order valence-electron chi connectivity index (χ4n) is 1.13. The van der Waals surface area contributed by atoms with Gasteiger partial charge >= 0.3 is 0 Å². The summed E-state index contributed by atoms with van der Waals surface area (Å²) in [5, 5.41) is 8.85. The van der Waals surface area contributed by atoms with Crippen molar-refractivity contribution < 1.29 is 18.7 Å². The maximum atomic E-state index is 12.9. The van der Waals surface area contributed by atoms with Crippen molar-refractivity contribution in [3.63, 3.8) is 0 Å². The standard InChI is InChI=1S/C11H12F2O2/c1-11(2,3)10(15)6-4-7(12)9(14)8(13)5-6/h4-5,14H,1-3H3. The van der Waals surface area contributed by atoms with Crippen molar-refractivity contribution in [2.45, 2.75) is 20.8 Å². The van der Waals surface area contributed by atoms with Crippen LogP contribution in [0.5, 0.6) is 5.75 Å². The third kappa shape index (κ3) is 2.32. The van der Waals surface area contributed by atoms with E-state index in [4.69, 9.17) is 5.11 Å². The van der Waals surface area contributed by atoms with Crippen LogP contribution in [0.15, 0.2) is 12.1 Å². The Balaban J connectivity index is 3.24. The van der Waals surface area contributed by atoms with Crippen LogP contribution >= 0.6 is 0 Å². The van der Waals surface area contributed by atoms with E-state index in [1.165, 1.54) is 0 Å². The van der Waals surface area contributed by atoms with E-state index in [1.54, 1.807) is 20.8 Å². The molecule has 1 aromatic rings. The van der Waals surface area contributed by atoms with E-state index in [-0.39, 0.29) is 11.3 Å². The van der Waals surface area contributed by atoms with E-state index in [1.807, 2.05) is 0 Å². The number of rotatable bonds is 1. The van der Waals surface area contributed by atoms with Gasteiger partial charge in [-0.1, -0.05) is 20.8 Å². The fraction of sp³-hybridized carbons (Fsp3) is 0.364. The van der Waals surface area contributed by atoms with Crippen LogP contribution in [0, 0.1) is 17.0 Å². The molecule has 0 atom stereocenters. The van der Waals surface area contributed by atoms with Gasteiger partial charge in [-0.15, -0.1) is 0 Å². The Hall–Kier alpha value is -1.45. The second-order valence-corrected chi connectivity index (χ2v) is 4.37. The molecule has 1 rings (SSSR count). The number of ketones is 1. The highest BCUT2D eigenvalue weighted by Gasteiger charge is 2.24. The molecule has 0 amide bonds. The number of carbonyl (C=O) groups excluding carboxylic acids is 1. The molecule has 0 unspecified atom stereocenters. The van der Waals surface area contributed by atoms with Crippen molar-refractivity contribution in [1.82, 2.24) is 0 Å². The van der Waals surface area contributed by atoms with Gasteiger partial charge in [-0.25, -0.2) is 8.78 Å². The van der Waals surface area contributed by atoms with E-state index in [2.05, 4.69) is 0 Å². The molecular formula is C11H12F2O2. The first-order chi connectivity index (χ1) is 6.73. The molecule has 4 heteroatoms. The number of aromatic hydroxyl groups is 1. The van der Waals surface area contributed by atoms with E-state index >= 15 is 0 Å². The highest BCUT2D eigenvalue weighted by Crippen LogP contribution is 2.26. The SMILES string of the molecule is CC(C)(C)C(=O)c1cc(F)c(O)c(F)c1. The second kappa shape index (κ2) is 3.61. The lowest BCUT2D eigenvalue weighted by Gasteiger charge is -2.16. The number of carbonyl (C=O) groups is 1. The Labute approximate surface area is 86.5 Å². The molecule has 1 aromatic carbocycles. The number of hydrogen-bond donors (Lipinski definition) is 1. The summed E-state index contributed by atoms with van der Waals surface area (Å²) in [6.07, 6.45) is 0. The summed E-state index contributed by atoms with van der Waals surface area (Å²) in [6, 6.07) is 1.68. The summed E-state index contributed by atoms with van der Waals surface area (Å²) in [7, 11) is 0. The molecule has 15 heavy (non-hydrogen) atoms. The average molecular weight is 214 g/mol. The molecular weight excluding hydrogens is 202 g/mol. The van der Waals surface area contributed by atoms with E-state index in [0.717, 1.165) is 12.1 Å². The van der Waals surface area contributed by atoms with Gasteiger partial charge in [0.15, 0.2) is 23.2 Å². The topological polar surface area (TPSA) is 37.3 Å². The summed E-state index contributed by atoms with van der Waals surface area (Å²) < 4.78 is 25.9. The number of phenols is 1. The predicted octanol–water partition coefficient (Wildman–Crippen LogP) is 2.90. The van der Waals surface area contributed by atoms with Gasteiger partial charge in [-0.2, -0.15) is 0 Å². The minimum absolute atomic E-state index is 0.0738. The smallest absolute Gasteiger partial charge is 0.187 e. The van der Waals surface area contributed by atoms with Gasteiger partial charge in [-0.3, -0.25) is 4.79 Å². The molecule has 0 heterocycles. The van der Waals surface area contributed by atoms with Gasteiger partial charge in [-0.05, 0) is 12.1 Å². The van der Waals surface area contributed by atoms with Gasteiger partial charge in [0.05, 0.1) is 0 Å². The number of phenolic OH excluding ortho intramolecular Hbond substituents is 1. The summed E-state index contributed by atoms with van der Waals surface area (Å²) in [4.78, 5) is 11.7. The van der Waals surface area contributed by atoms with Crippen LogP contribution in [0.1, 0.15) is 31.1 Å². The van der Waals surface area contributed by atoms with Crippen molar-refractivity contribution in [2.75, 3.05) is 0 Å². The molecule has 0 aromatic heterocycles. The van der Waals surface area contributed by atoms with Crippen molar-refractivity contribution in [3.05, 3.63) is 29.3 Å². The third-order valence-electron chi connectivity index (χ3n) is 1.96. The molecule has 2 nitrogen and oxygen atoms in total. The molecule has 0 aliphatic carbocycles. The monoisotopic (exact) mass is 214 g/mol. The van der Waals surface area contributed by atoms with E-state index in [0.29, 0.717) is 0 Å². The van der Waals surface area contributed by atoms with E-state index in [9.17, 15) is 13.6 Å². The Kier molecular flexibility index (Phi) is 2.79. The molecule has 0 aliphatic heterocycles. The quantitative estimate of drug-likeness (QED) is 0.730. The fourth-order valence-corrected chi connectivity index (χ4v) is 1.13. The molecule has 0 aliphatic rings. The van der Waals surface area contributed by atoms with Crippen LogP contribution in [0.25, 0.3) is 0 Å². The van der Waals surface area contributed by atoms with Gasteiger partial charge in [0.1, 0.15) is 0 Å². The minimum atomic E-state index is -1.12. The van der Waals surface area contributed by atoms with Crippen molar-refractivity contribution >= 4 is 5.78 Å². The maximum absolute atomic E-state index is 12.9. The number of benzene rings is 1. The van der Waals surface area contributed by atoms with Crippen molar-refractivity contribution in [3.8, 4) is 5.75 Å². The summed E-state index contributed by atoms with van der Waals surface area (Å²) in [5.41, 5.74) is -0.786. The Morgan fingerprint density at radius 1 is 1.20 bits per heavy atom. The van der Waals surface area contributed by atoms with Crippen molar-refractivity contribution in [1.29, 1.82) is 0 Å². The Morgan fingerprint density at radius 2 is 1.60 bits per heavy atom. The van der Waals surface area contributed by atoms with Gasteiger partial charge in [0.25, 0.3) is 0 Å². The largest absolute Gasteiger partial charge is 0.503 e. The second-order valence-electron chi connectivity index (χ2n) is 4.37. The highest BCUT2D eigenvalue weighted by molar-refractivity contribution is 5.99. The normalized spacial score (nSPS) is 11.5. The number of hydrogen-bond acceptors (Lipinski definition) is 2. The summed E-state index contributed by atoms with van der Waals surface area (Å²) in [5.74, 6) is -3.68. The molecule has 0 saturated carbocycles. The molecule has 0 bridgehead atoms. The first-order valence-corrected chi connectivity index (χ1v) is 4.46. The lowest BCUT2D eigenvalue weighted by Crippen LogP contribution is -2.20. The zero-order valence-corrected chi connectivity index (χ0v) is 8.77. The molecule has 1 N–H and O–H groups in total. The van der Waals surface area contributed by atoms with E-state index < -0.39 is 22.8 Å². The third-order valence-corrected chi connectivity index (χ3v) is 1.96. The average Bonchev–Trinajstić information content (AvgIpc) is 2.10. The predicted molar refractivity (Wildman–Crippen MR) is 51.8 cm³/mol. The molecule has 0 spiro atoms.